The summed E-state index contributed by atoms with van der Waals surface area (Å²) in [5.41, 5.74) is 0.157. The number of aryl methyl sites for hydroxylation is 2. The van der Waals surface area contributed by atoms with Crippen molar-refractivity contribution >= 4 is 46.1 Å². The van der Waals surface area contributed by atoms with Gasteiger partial charge in [0.2, 0.25) is 0 Å². The van der Waals surface area contributed by atoms with Gasteiger partial charge in [-0.3, -0.25) is 15.4 Å². The lowest BCUT2D eigenvalue weighted by Gasteiger charge is -2.19. The van der Waals surface area contributed by atoms with Gasteiger partial charge in [-0.2, -0.15) is 0 Å². The Balaban J connectivity index is 1.63. The van der Waals surface area contributed by atoms with Crippen LogP contribution in [0.25, 0.3) is 0 Å². The van der Waals surface area contributed by atoms with Crippen LogP contribution in [0.2, 0.25) is 0 Å². The van der Waals surface area contributed by atoms with E-state index in [2.05, 4.69) is 20.4 Å². The van der Waals surface area contributed by atoms with Gasteiger partial charge in [0, 0.05) is 37.9 Å². The number of nitrogens with one attached hydrogen (secondary N) is 2. The largest absolute Gasteiger partial charge is 0.464 e. The van der Waals surface area contributed by atoms with E-state index in [1.54, 1.807) is 41.1 Å². The fraction of sp³-hybridized carbons (Fsp3) is 0.318. The standard InChI is InChI=1S/C22H25N5O7S/c1-22(2,3)34-21(31)23-12-7-15(26(4)9-12)17(28)25-20-24-14(11-35-20)18(29)33-13-8-16(19(30)32-6)27(5)10-13/h7-11H,1-6H3,(H,23,31)(H,24,25,28). The molecule has 0 aliphatic rings. The van der Waals surface area contributed by atoms with Gasteiger partial charge >= 0.3 is 18.0 Å². The van der Waals surface area contributed by atoms with Crippen LogP contribution in [0.4, 0.5) is 15.6 Å². The van der Waals surface area contributed by atoms with E-state index in [4.69, 9.17) is 9.47 Å². The highest BCUT2D eigenvalue weighted by Crippen LogP contribution is 2.22. The zero-order valence-electron chi connectivity index (χ0n) is 20.0. The van der Waals surface area contributed by atoms with Crippen molar-refractivity contribution < 1.29 is 33.4 Å². The average molecular weight is 504 g/mol. The minimum absolute atomic E-state index is 0.0204. The van der Waals surface area contributed by atoms with Crippen LogP contribution in [0.5, 0.6) is 5.75 Å². The normalized spacial score (nSPS) is 11.0. The van der Waals surface area contributed by atoms with E-state index < -0.39 is 29.5 Å². The molecule has 3 aromatic rings. The summed E-state index contributed by atoms with van der Waals surface area (Å²) in [5.74, 6) is -1.68. The molecule has 186 valence electrons. The molecule has 0 saturated carbocycles. The van der Waals surface area contributed by atoms with E-state index >= 15 is 0 Å². The molecule has 0 radical (unpaired) electrons. The van der Waals surface area contributed by atoms with E-state index in [0.29, 0.717) is 5.69 Å². The topological polar surface area (TPSA) is 143 Å². The van der Waals surface area contributed by atoms with E-state index in [1.165, 1.54) is 40.0 Å². The molecular weight excluding hydrogens is 478 g/mol. The number of esters is 2. The quantitative estimate of drug-likeness (QED) is 0.487. The predicted molar refractivity (Wildman–Crippen MR) is 127 cm³/mol. The van der Waals surface area contributed by atoms with Crippen molar-refractivity contribution in [2.24, 2.45) is 14.1 Å². The molecule has 0 spiro atoms. The van der Waals surface area contributed by atoms with Gasteiger partial charge in [0.1, 0.15) is 22.7 Å². The van der Waals surface area contributed by atoms with Gasteiger partial charge in [-0.25, -0.2) is 19.4 Å². The van der Waals surface area contributed by atoms with Crippen LogP contribution in [-0.2, 0) is 23.6 Å². The number of hydrogen-bond donors (Lipinski definition) is 2. The van der Waals surface area contributed by atoms with Crippen LogP contribution in [0, 0.1) is 0 Å². The lowest BCUT2D eigenvalue weighted by atomic mass is 10.2. The third-order valence-corrected chi connectivity index (χ3v) is 5.16. The minimum atomic E-state index is -0.758. The summed E-state index contributed by atoms with van der Waals surface area (Å²) in [7, 11) is 4.50. The van der Waals surface area contributed by atoms with Gasteiger partial charge in [-0.15, -0.1) is 11.3 Å². The summed E-state index contributed by atoms with van der Waals surface area (Å²) in [6.07, 6.45) is 2.37. The number of rotatable bonds is 6. The number of nitrogens with zero attached hydrogens (tertiary/aromatic N) is 3. The zero-order valence-corrected chi connectivity index (χ0v) is 20.8. The summed E-state index contributed by atoms with van der Waals surface area (Å²) in [5, 5.41) is 6.79. The summed E-state index contributed by atoms with van der Waals surface area (Å²) in [6, 6.07) is 2.85. The van der Waals surface area contributed by atoms with Crippen LogP contribution in [0.3, 0.4) is 0 Å². The monoisotopic (exact) mass is 503 g/mol. The van der Waals surface area contributed by atoms with Gasteiger partial charge in [-0.05, 0) is 26.8 Å². The molecule has 13 heteroatoms. The first-order valence-electron chi connectivity index (χ1n) is 10.3. The molecule has 35 heavy (non-hydrogen) atoms. The highest BCUT2D eigenvalue weighted by Gasteiger charge is 2.21. The Morgan fingerprint density at radius 1 is 0.971 bits per heavy atom. The van der Waals surface area contributed by atoms with Crippen LogP contribution in [0.1, 0.15) is 52.2 Å². The van der Waals surface area contributed by atoms with Gasteiger partial charge in [0.25, 0.3) is 5.91 Å². The van der Waals surface area contributed by atoms with Gasteiger partial charge in [0.05, 0.1) is 12.8 Å². The van der Waals surface area contributed by atoms with Crippen molar-refractivity contribution in [1.29, 1.82) is 0 Å². The highest BCUT2D eigenvalue weighted by atomic mass is 32.1. The number of ether oxygens (including phenoxy) is 3. The Labute approximate surface area is 204 Å². The first kappa shape index (κ1) is 25.5. The zero-order chi connectivity index (χ0) is 25.9. The Morgan fingerprint density at radius 2 is 1.66 bits per heavy atom. The van der Waals surface area contributed by atoms with Gasteiger partial charge < -0.3 is 23.3 Å². The van der Waals surface area contributed by atoms with E-state index in [1.807, 2.05) is 0 Å². The van der Waals surface area contributed by atoms with Crippen molar-refractivity contribution in [2.45, 2.75) is 26.4 Å². The lowest BCUT2D eigenvalue weighted by Crippen LogP contribution is -2.27. The lowest BCUT2D eigenvalue weighted by molar-refractivity contribution is 0.0586. The molecule has 2 amide bonds. The molecule has 2 N–H and O–H groups in total. The number of aromatic nitrogens is 3. The number of carbonyl (C=O) groups is 4. The third kappa shape index (κ3) is 6.47. The fourth-order valence-electron chi connectivity index (χ4n) is 2.92. The van der Waals surface area contributed by atoms with Crippen LogP contribution < -0.4 is 15.4 Å². The summed E-state index contributed by atoms with van der Waals surface area (Å²) in [4.78, 5) is 52.9. The van der Waals surface area contributed by atoms with Gasteiger partial charge in [-0.1, -0.05) is 0 Å². The number of thiazole rings is 1. The van der Waals surface area contributed by atoms with E-state index in [0.717, 1.165) is 11.3 Å². The maximum atomic E-state index is 12.7. The number of methoxy groups -OCH3 is 1. The van der Waals surface area contributed by atoms with Crippen molar-refractivity contribution in [1.82, 2.24) is 14.1 Å². The molecule has 0 saturated heterocycles. The van der Waals surface area contributed by atoms with Crippen molar-refractivity contribution in [3.05, 3.63) is 47.0 Å². The molecular formula is C22H25N5O7S. The first-order valence-corrected chi connectivity index (χ1v) is 11.1. The number of amides is 2. The first-order chi connectivity index (χ1) is 16.4. The molecule has 0 fully saturated rings. The second kappa shape index (κ2) is 10.0. The maximum absolute atomic E-state index is 12.7. The molecule has 0 bridgehead atoms. The molecule has 3 heterocycles. The molecule has 0 atom stereocenters. The Bertz CT molecular complexity index is 1280. The highest BCUT2D eigenvalue weighted by molar-refractivity contribution is 7.14. The second-order valence-electron chi connectivity index (χ2n) is 8.40. The number of hydrogen-bond acceptors (Lipinski definition) is 9. The summed E-state index contributed by atoms with van der Waals surface area (Å²) < 4.78 is 18.1. The van der Waals surface area contributed by atoms with E-state index in [-0.39, 0.29) is 28.0 Å². The molecule has 12 nitrogen and oxygen atoms in total. The Kier molecular flexibility index (Phi) is 7.29. The third-order valence-electron chi connectivity index (χ3n) is 4.40. The molecule has 0 aromatic carbocycles. The van der Waals surface area contributed by atoms with Crippen molar-refractivity contribution in [3.63, 3.8) is 0 Å². The SMILES string of the molecule is COC(=O)c1cc(OC(=O)c2csc(NC(=O)c3cc(NC(=O)OC(C)(C)C)cn3C)n2)cn1C. The Hall–Kier alpha value is -4.13. The summed E-state index contributed by atoms with van der Waals surface area (Å²) >= 11 is 1.04. The van der Waals surface area contributed by atoms with Crippen LogP contribution >= 0.6 is 11.3 Å². The smallest absolute Gasteiger partial charge is 0.412 e. The van der Waals surface area contributed by atoms with Gasteiger partial charge in [0.15, 0.2) is 10.8 Å². The molecule has 3 aromatic heterocycles. The Morgan fingerprint density at radius 3 is 2.31 bits per heavy atom. The van der Waals surface area contributed by atoms with Crippen molar-refractivity contribution in [2.75, 3.05) is 17.7 Å². The molecule has 3 rings (SSSR count). The molecule has 0 aliphatic heterocycles. The van der Waals surface area contributed by atoms with Crippen LogP contribution in [-0.4, -0.2) is 50.8 Å². The predicted octanol–water partition coefficient (Wildman–Crippen LogP) is 3.43. The van der Waals surface area contributed by atoms with Crippen LogP contribution in [0.15, 0.2) is 29.9 Å². The number of anilines is 2. The maximum Gasteiger partial charge on any atom is 0.412 e. The molecule has 0 aliphatic carbocycles. The average Bonchev–Trinajstić information content (AvgIpc) is 3.44. The number of carbonyl (C=O) groups excluding carboxylic acids is 4. The van der Waals surface area contributed by atoms with Crippen molar-refractivity contribution in [3.8, 4) is 5.75 Å². The summed E-state index contributed by atoms with van der Waals surface area (Å²) in [6.45, 7) is 5.23. The second-order valence-corrected chi connectivity index (χ2v) is 9.25. The van der Waals surface area contributed by atoms with E-state index in [9.17, 15) is 19.2 Å². The fourth-order valence-corrected chi connectivity index (χ4v) is 3.60. The minimum Gasteiger partial charge on any atom is -0.464 e. The molecule has 0 unspecified atom stereocenters.